The minimum atomic E-state index is -4.07. The predicted molar refractivity (Wildman–Crippen MR) is 134 cm³/mol. The average molecular weight is 509 g/mol. The molecule has 0 spiro atoms. The number of ether oxygens (including phenoxy) is 2. The Balaban J connectivity index is 1.57. The highest BCUT2D eigenvalue weighted by Gasteiger charge is 2.28. The molecule has 0 saturated carbocycles. The van der Waals surface area contributed by atoms with Gasteiger partial charge in [-0.05, 0) is 78.4 Å². The third-order valence-electron chi connectivity index (χ3n) is 6.31. The number of sulfonamides is 1. The number of H-pyrrole nitrogens is 1. The van der Waals surface area contributed by atoms with Crippen molar-refractivity contribution in [3.05, 3.63) is 99.1 Å². The van der Waals surface area contributed by atoms with Gasteiger partial charge in [-0.25, -0.2) is 12.8 Å². The molecule has 2 heterocycles. The van der Waals surface area contributed by atoms with Gasteiger partial charge in [-0.2, -0.15) is 4.31 Å². The number of aromatic amines is 1. The van der Waals surface area contributed by atoms with Gasteiger partial charge < -0.3 is 14.5 Å². The molecule has 1 N–H and O–H groups in total. The lowest BCUT2D eigenvalue weighted by Gasteiger charge is -2.24. The Hall–Kier alpha value is -3.69. The Morgan fingerprint density at radius 2 is 1.58 bits per heavy atom. The Bertz CT molecular complexity index is 1610. The molecular formula is C27H25FN2O5S. The molecule has 4 aromatic rings. The summed E-state index contributed by atoms with van der Waals surface area (Å²) in [6.07, 6.45) is 0. The van der Waals surface area contributed by atoms with Gasteiger partial charge >= 0.3 is 0 Å². The first kappa shape index (κ1) is 24.0. The zero-order valence-corrected chi connectivity index (χ0v) is 20.7. The molecule has 186 valence electrons. The molecule has 1 aliphatic rings. The minimum Gasteiger partial charge on any atom is -0.486 e. The van der Waals surface area contributed by atoms with E-state index in [1.54, 1.807) is 12.1 Å². The van der Waals surface area contributed by atoms with E-state index in [2.05, 4.69) is 4.98 Å². The van der Waals surface area contributed by atoms with Gasteiger partial charge in [0.25, 0.3) is 5.56 Å². The summed E-state index contributed by atoms with van der Waals surface area (Å²) < 4.78 is 53.4. The molecule has 0 atom stereocenters. The molecule has 9 heteroatoms. The third-order valence-corrected chi connectivity index (χ3v) is 8.09. The van der Waals surface area contributed by atoms with E-state index >= 15 is 0 Å². The SMILES string of the molecule is Cc1cc2cc(CN(Cc3ccc(F)cc3)S(=O)(=O)c3ccc4c(c3)OCCO4)c(=O)[nH]c2cc1C. The second kappa shape index (κ2) is 9.40. The van der Waals surface area contributed by atoms with E-state index in [4.69, 9.17) is 9.47 Å². The monoisotopic (exact) mass is 508 g/mol. The highest BCUT2D eigenvalue weighted by atomic mass is 32.2. The average Bonchev–Trinajstić information content (AvgIpc) is 2.86. The molecular weight excluding hydrogens is 483 g/mol. The van der Waals surface area contributed by atoms with Gasteiger partial charge in [-0.15, -0.1) is 0 Å². The van der Waals surface area contributed by atoms with Crippen molar-refractivity contribution in [3.8, 4) is 11.5 Å². The highest BCUT2D eigenvalue weighted by molar-refractivity contribution is 7.89. The maximum atomic E-state index is 13.8. The van der Waals surface area contributed by atoms with Crippen LogP contribution < -0.4 is 15.0 Å². The molecule has 0 fully saturated rings. The molecule has 1 aromatic heterocycles. The van der Waals surface area contributed by atoms with Crippen LogP contribution in [0.5, 0.6) is 11.5 Å². The van der Waals surface area contributed by atoms with Crippen LogP contribution in [0.15, 0.2) is 70.4 Å². The third kappa shape index (κ3) is 4.72. The summed E-state index contributed by atoms with van der Waals surface area (Å²) in [5.74, 6) is 0.400. The quantitative estimate of drug-likeness (QED) is 0.416. The lowest BCUT2D eigenvalue weighted by Crippen LogP contribution is -2.32. The molecule has 0 radical (unpaired) electrons. The smallest absolute Gasteiger partial charge is 0.252 e. The predicted octanol–water partition coefficient (Wildman–Crippen LogP) is 4.45. The summed E-state index contributed by atoms with van der Waals surface area (Å²) in [4.78, 5) is 15.8. The zero-order chi connectivity index (χ0) is 25.4. The number of pyridine rings is 1. The Labute approximate surface area is 208 Å². The van der Waals surface area contributed by atoms with E-state index in [0.29, 0.717) is 41.4 Å². The van der Waals surface area contributed by atoms with Crippen molar-refractivity contribution in [2.24, 2.45) is 0 Å². The number of aryl methyl sites for hydroxylation is 2. The molecule has 0 bridgehead atoms. The van der Waals surface area contributed by atoms with E-state index in [1.165, 1.54) is 40.7 Å². The standard InChI is InChI=1S/C27H25FN2O5S/c1-17-11-20-13-21(27(31)29-24(20)12-18(17)2)16-30(15-19-3-5-22(28)6-4-19)36(32,33)23-7-8-25-26(14-23)35-10-9-34-25/h3-8,11-14H,9-10,15-16H2,1-2H3,(H,29,31). The molecule has 3 aromatic carbocycles. The van der Waals surface area contributed by atoms with Gasteiger partial charge in [-0.1, -0.05) is 12.1 Å². The molecule has 1 aliphatic heterocycles. The fourth-order valence-electron chi connectivity index (χ4n) is 4.18. The largest absolute Gasteiger partial charge is 0.486 e. The van der Waals surface area contributed by atoms with Crippen molar-refractivity contribution in [3.63, 3.8) is 0 Å². The molecule has 7 nitrogen and oxygen atoms in total. The number of hydrogen-bond donors (Lipinski definition) is 1. The number of nitrogens with zero attached hydrogens (tertiary/aromatic N) is 1. The van der Waals surface area contributed by atoms with Gasteiger partial charge in [0, 0.05) is 30.2 Å². The second-order valence-corrected chi connectivity index (χ2v) is 10.8. The number of aromatic nitrogens is 1. The number of fused-ring (bicyclic) bond motifs is 2. The van der Waals surface area contributed by atoms with Gasteiger partial charge in [0.1, 0.15) is 19.0 Å². The lowest BCUT2D eigenvalue weighted by atomic mass is 10.0. The van der Waals surface area contributed by atoms with Crippen LogP contribution in [0.2, 0.25) is 0 Å². The van der Waals surface area contributed by atoms with Crippen molar-refractivity contribution in [2.45, 2.75) is 31.8 Å². The van der Waals surface area contributed by atoms with E-state index in [1.807, 2.05) is 26.0 Å². The van der Waals surface area contributed by atoms with Crippen LogP contribution in [0.3, 0.4) is 0 Å². The van der Waals surface area contributed by atoms with Gasteiger partial charge in [0.2, 0.25) is 10.0 Å². The summed E-state index contributed by atoms with van der Waals surface area (Å²) in [6, 6.07) is 15.6. The summed E-state index contributed by atoms with van der Waals surface area (Å²) >= 11 is 0. The topological polar surface area (TPSA) is 88.7 Å². The van der Waals surface area contributed by atoms with Gasteiger partial charge in [-0.3, -0.25) is 4.79 Å². The Kier molecular flexibility index (Phi) is 6.27. The van der Waals surface area contributed by atoms with Crippen molar-refractivity contribution >= 4 is 20.9 Å². The summed E-state index contributed by atoms with van der Waals surface area (Å²) in [7, 11) is -4.07. The number of benzene rings is 3. The fourth-order valence-corrected chi connectivity index (χ4v) is 5.60. The molecule has 36 heavy (non-hydrogen) atoms. The summed E-state index contributed by atoms with van der Waals surface area (Å²) in [6.45, 7) is 4.42. The minimum absolute atomic E-state index is 0.0116. The summed E-state index contributed by atoms with van der Waals surface area (Å²) in [5.41, 5.74) is 3.31. The van der Waals surface area contributed by atoms with E-state index in [9.17, 15) is 17.6 Å². The van der Waals surface area contributed by atoms with E-state index < -0.39 is 15.8 Å². The zero-order valence-electron chi connectivity index (χ0n) is 19.9. The van der Waals surface area contributed by atoms with Crippen LogP contribution >= 0.6 is 0 Å². The first-order valence-corrected chi connectivity index (χ1v) is 12.9. The number of hydrogen-bond acceptors (Lipinski definition) is 5. The van der Waals surface area contributed by atoms with Gasteiger partial charge in [0.15, 0.2) is 11.5 Å². The van der Waals surface area contributed by atoms with Crippen molar-refractivity contribution in [1.82, 2.24) is 9.29 Å². The number of halogens is 1. The Morgan fingerprint density at radius 3 is 2.33 bits per heavy atom. The van der Waals surface area contributed by atoms with Crippen molar-refractivity contribution < 1.29 is 22.3 Å². The van der Waals surface area contributed by atoms with Crippen LogP contribution in [0.1, 0.15) is 22.3 Å². The van der Waals surface area contributed by atoms with Crippen LogP contribution in [0.4, 0.5) is 4.39 Å². The van der Waals surface area contributed by atoms with Crippen LogP contribution in [0.25, 0.3) is 10.9 Å². The van der Waals surface area contributed by atoms with Crippen molar-refractivity contribution in [1.29, 1.82) is 0 Å². The molecule has 0 amide bonds. The maximum absolute atomic E-state index is 13.8. The van der Waals surface area contributed by atoms with Crippen LogP contribution in [-0.2, 0) is 23.1 Å². The molecule has 0 saturated heterocycles. The highest BCUT2D eigenvalue weighted by Crippen LogP contribution is 2.34. The lowest BCUT2D eigenvalue weighted by molar-refractivity contribution is 0.171. The van der Waals surface area contributed by atoms with E-state index in [0.717, 1.165) is 16.5 Å². The van der Waals surface area contributed by atoms with Gasteiger partial charge in [0.05, 0.1) is 4.90 Å². The second-order valence-electron chi connectivity index (χ2n) is 8.85. The molecule has 0 unspecified atom stereocenters. The maximum Gasteiger partial charge on any atom is 0.252 e. The first-order valence-electron chi connectivity index (χ1n) is 11.5. The van der Waals surface area contributed by atoms with Crippen LogP contribution in [-0.4, -0.2) is 30.9 Å². The summed E-state index contributed by atoms with van der Waals surface area (Å²) in [5, 5.41) is 0.811. The molecule has 0 aliphatic carbocycles. The van der Waals surface area contributed by atoms with Crippen LogP contribution in [0, 0.1) is 19.7 Å². The molecule has 5 rings (SSSR count). The fraction of sp³-hybridized carbons (Fsp3) is 0.222. The number of rotatable bonds is 6. The Morgan fingerprint density at radius 1 is 0.889 bits per heavy atom. The normalized spacial score (nSPS) is 13.3. The first-order chi connectivity index (χ1) is 17.2. The van der Waals surface area contributed by atoms with E-state index in [-0.39, 0.29) is 23.5 Å². The van der Waals surface area contributed by atoms with Crippen molar-refractivity contribution in [2.75, 3.05) is 13.2 Å². The number of nitrogens with one attached hydrogen (secondary N) is 1.